The van der Waals surface area contributed by atoms with Crippen molar-refractivity contribution in [3.8, 4) is 0 Å². The molecule has 2 aromatic rings. The summed E-state index contributed by atoms with van der Waals surface area (Å²) in [7, 11) is 3.24. The Kier molecular flexibility index (Phi) is 7.48. The number of rotatable bonds is 6. The molecular weight excluding hydrogens is 438 g/mol. The van der Waals surface area contributed by atoms with Gasteiger partial charge in [0.25, 0.3) is 5.91 Å². The van der Waals surface area contributed by atoms with Crippen molar-refractivity contribution in [3.63, 3.8) is 0 Å². The fraction of sp³-hybridized carbons (Fsp3) is 0.423. The molecule has 1 aliphatic heterocycles. The number of carbonyl (C=O) groups excluding carboxylic acids is 3. The Morgan fingerprint density at radius 2 is 1.61 bits per heavy atom. The highest BCUT2D eigenvalue weighted by atomic mass is 35.5. The van der Waals surface area contributed by atoms with Crippen molar-refractivity contribution in [1.82, 2.24) is 14.7 Å². The van der Waals surface area contributed by atoms with E-state index in [0.29, 0.717) is 24.4 Å². The lowest BCUT2D eigenvalue weighted by molar-refractivity contribution is -0.161. The summed E-state index contributed by atoms with van der Waals surface area (Å²) in [6.45, 7) is 6.50. The van der Waals surface area contributed by atoms with Crippen molar-refractivity contribution in [2.24, 2.45) is 0 Å². The summed E-state index contributed by atoms with van der Waals surface area (Å²) in [4.78, 5) is 43.9. The van der Waals surface area contributed by atoms with E-state index in [1.54, 1.807) is 38.1 Å². The number of hydrogen-bond acceptors (Lipinski definition) is 3. The second kappa shape index (κ2) is 9.96. The minimum absolute atomic E-state index is 0.1000. The van der Waals surface area contributed by atoms with Crippen molar-refractivity contribution in [2.45, 2.75) is 45.6 Å². The van der Waals surface area contributed by atoms with Gasteiger partial charge in [-0.3, -0.25) is 14.5 Å². The van der Waals surface area contributed by atoms with E-state index in [1.165, 1.54) is 9.80 Å². The van der Waals surface area contributed by atoms with E-state index in [0.717, 1.165) is 22.3 Å². The Labute approximate surface area is 201 Å². The second-order valence-electron chi connectivity index (χ2n) is 9.25. The van der Waals surface area contributed by atoms with Gasteiger partial charge in [0.15, 0.2) is 0 Å². The molecule has 176 valence electrons. The molecule has 1 saturated heterocycles. The Morgan fingerprint density at radius 3 is 2.12 bits per heavy atom. The van der Waals surface area contributed by atoms with E-state index in [2.05, 4.69) is 6.07 Å². The molecule has 0 N–H and O–H groups in total. The van der Waals surface area contributed by atoms with Crippen LogP contribution >= 0.6 is 11.6 Å². The molecule has 1 unspecified atom stereocenters. The molecule has 2 aromatic carbocycles. The molecule has 0 radical (unpaired) electrons. The van der Waals surface area contributed by atoms with Gasteiger partial charge in [-0.2, -0.15) is 0 Å². The van der Waals surface area contributed by atoms with Crippen LogP contribution in [0.1, 0.15) is 35.6 Å². The molecule has 0 aromatic heterocycles. The molecule has 4 amide bonds. The van der Waals surface area contributed by atoms with Gasteiger partial charge >= 0.3 is 6.03 Å². The Balaban J connectivity index is 1.76. The first-order valence-corrected chi connectivity index (χ1v) is 11.5. The number of imide groups is 1. The maximum absolute atomic E-state index is 13.6. The third-order valence-corrected chi connectivity index (χ3v) is 6.46. The summed E-state index contributed by atoms with van der Waals surface area (Å²) >= 11 is 5.96. The maximum Gasteiger partial charge on any atom is 0.326 e. The molecule has 3 rings (SSSR count). The van der Waals surface area contributed by atoms with Crippen LogP contribution in [0.25, 0.3) is 0 Å². The van der Waals surface area contributed by atoms with E-state index < -0.39 is 5.54 Å². The second-order valence-corrected chi connectivity index (χ2v) is 9.69. The molecule has 6 nitrogen and oxygen atoms in total. The highest BCUT2D eigenvalue weighted by Gasteiger charge is 2.52. The molecular formula is C26H32ClN3O3. The molecule has 0 spiro atoms. The summed E-state index contributed by atoms with van der Waals surface area (Å²) in [5, 5.41) is 0.635. The molecule has 0 saturated carbocycles. The third-order valence-electron chi connectivity index (χ3n) is 6.21. The molecule has 1 heterocycles. The van der Waals surface area contributed by atoms with Gasteiger partial charge in [0.1, 0.15) is 5.54 Å². The standard InChI is InChI=1S/C26H32ClN3O3/c1-18-14-19(2)16-21(15-18)17-23(31)30-13-11-26(30,3)24(32)29(25(33)28(4)5)12-10-20-6-8-22(27)9-7-20/h6-9,14-16H,10-13,17H2,1-5H3. The molecule has 33 heavy (non-hydrogen) atoms. The number of carbonyl (C=O) groups is 3. The van der Waals surface area contributed by atoms with E-state index in [-0.39, 0.29) is 30.8 Å². The fourth-order valence-corrected chi connectivity index (χ4v) is 4.46. The van der Waals surface area contributed by atoms with E-state index in [9.17, 15) is 14.4 Å². The summed E-state index contributed by atoms with van der Waals surface area (Å²) in [5.41, 5.74) is 3.09. The van der Waals surface area contributed by atoms with E-state index in [4.69, 9.17) is 11.6 Å². The minimum atomic E-state index is -1.03. The molecule has 0 aliphatic carbocycles. The predicted molar refractivity (Wildman–Crippen MR) is 130 cm³/mol. The Morgan fingerprint density at radius 1 is 1.00 bits per heavy atom. The topological polar surface area (TPSA) is 60.9 Å². The van der Waals surface area contributed by atoms with Crippen LogP contribution in [-0.4, -0.2) is 65.3 Å². The molecule has 1 aliphatic rings. The zero-order chi connectivity index (χ0) is 24.3. The quantitative estimate of drug-likeness (QED) is 0.635. The molecule has 7 heteroatoms. The van der Waals surface area contributed by atoms with E-state index >= 15 is 0 Å². The number of benzene rings is 2. The number of aryl methyl sites for hydroxylation is 2. The summed E-state index contributed by atoms with van der Waals surface area (Å²) in [5.74, 6) is -0.438. The number of urea groups is 1. The fourth-order valence-electron chi connectivity index (χ4n) is 4.33. The van der Waals surface area contributed by atoms with Crippen LogP contribution in [-0.2, 0) is 22.4 Å². The van der Waals surface area contributed by atoms with Crippen LogP contribution in [0.4, 0.5) is 4.79 Å². The first kappa shape index (κ1) is 24.8. The first-order valence-electron chi connectivity index (χ1n) is 11.2. The van der Waals surface area contributed by atoms with Gasteiger partial charge in [-0.1, -0.05) is 53.1 Å². The Bertz CT molecular complexity index is 1030. The predicted octanol–water partition coefficient (Wildman–Crippen LogP) is 4.24. The lowest BCUT2D eigenvalue weighted by Crippen LogP contribution is -2.69. The number of likely N-dealkylation sites (tertiary alicyclic amines) is 1. The molecule has 0 bridgehead atoms. The van der Waals surface area contributed by atoms with Crippen LogP contribution in [0.5, 0.6) is 0 Å². The van der Waals surface area contributed by atoms with Crippen molar-refractivity contribution < 1.29 is 14.4 Å². The highest BCUT2D eigenvalue weighted by Crippen LogP contribution is 2.33. The summed E-state index contributed by atoms with van der Waals surface area (Å²) < 4.78 is 0. The van der Waals surface area contributed by atoms with E-state index in [1.807, 2.05) is 38.1 Å². The lowest BCUT2D eigenvalue weighted by atomic mass is 9.84. The van der Waals surface area contributed by atoms with Crippen molar-refractivity contribution in [1.29, 1.82) is 0 Å². The number of amides is 4. The van der Waals surface area contributed by atoms with Gasteiger partial charge in [0.2, 0.25) is 5.91 Å². The van der Waals surface area contributed by atoms with Crippen LogP contribution in [0.15, 0.2) is 42.5 Å². The zero-order valence-electron chi connectivity index (χ0n) is 20.0. The van der Waals surface area contributed by atoms with Gasteiger partial charge in [-0.05, 0) is 56.9 Å². The van der Waals surface area contributed by atoms with Gasteiger partial charge in [0.05, 0.1) is 6.42 Å². The number of hydrogen-bond donors (Lipinski definition) is 0. The monoisotopic (exact) mass is 469 g/mol. The van der Waals surface area contributed by atoms with Crippen molar-refractivity contribution >= 4 is 29.4 Å². The number of nitrogens with zero attached hydrogens (tertiary/aromatic N) is 3. The van der Waals surface area contributed by atoms with Gasteiger partial charge < -0.3 is 9.80 Å². The van der Waals surface area contributed by atoms with Crippen molar-refractivity contribution in [3.05, 3.63) is 69.7 Å². The number of halogens is 1. The normalized spacial score (nSPS) is 17.3. The molecule has 1 atom stereocenters. The highest BCUT2D eigenvalue weighted by molar-refractivity contribution is 6.30. The van der Waals surface area contributed by atoms with Crippen LogP contribution in [0.3, 0.4) is 0 Å². The summed E-state index contributed by atoms with van der Waals surface area (Å²) in [6, 6.07) is 13.0. The first-order chi connectivity index (χ1) is 15.5. The summed E-state index contributed by atoms with van der Waals surface area (Å²) in [6.07, 6.45) is 1.27. The van der Waals surface area contributed by atoms with Gasteiger partial charge in [-0.25, -0.2) is 4.79 Å². The van der Waals surface area contributed by atoms with Gasteiger partial charge in [-0.15, -0.1) is 0 Å². The van der Waals surface area contributed by atoms with Crippen LogP contribution < -0.4 is 0 Å². The van der Waals surface area contributed by atoms with Crippen molar-refractivity contribution in [2.75, 3.05) is 27.2 Å². The smallest absolute Gasteiger partial charge is 0.326 e. The Hall–Kier alpha value is -2.86. The van der Waals surface area contributed by atoms with Crippen LogP contribution in [0, 0.1) is 13.8 Å². The average Bonchev–Trinajstić information content (AvgIpc) is 2.72. The average molecular weight is 470 g/mol. The van der Waals surface area contributed by atoms with Gasteiger partial charge in [0, 0.05) is 32.2 Å². The maximum atomic E-state index is 13.6. The van der Waals surface area contributed by atoms with Crippen LogP contribution in [0.2, 0.25) is 5.02 Å². The molecule has 1 fully saturated rings. The minimum Gasteiger partial charge on any atom is -0.330 e. The lowest BCUT2D eigenvalue weighted by Gasteiger charge is -2.50. The SMILES string of the molecule is Cc1cc(C)cc(CC(=O)N2CCC2(C)C(=O)N(CCc2ccc(Cl)cc2)C(=O)N(C)C)c1. The zero-order valence-corrected chi connectivity index (χ0v) is 20.8. The largest absolute Gasteiger partial charge is 0.330 e. The third kappa shape index (κ3) is 5.56.